The molecule has 2 heterocycles. The van der Waals surface area contributed by atoms with Gasteiger partial charge in [-0.2, -0.15) is 0 Å². The van der Waals surface area contributed by atoms with Crippen molar-refractivity contribution in [3.63, 3.8) is 0 Å². The average molecular weight is 551 g/mol. The van der Waals surface area contributed by atoms with Crippen LogP contribution in [0.15, 0.2) is 59.3 Å². The predicted molar refractivity (Wildman–Crippen MR) is 151 cm³/mol. The molecule has 0 radical (unpaired) electrons. The highest BCUT2D eigenvalue weighted by Crippen LogP contribution is 2.40. The Morgan fingerprint density at radius 1 is 1.15 bits per heavy atom. The molecule has 2 amide bonds. The van der Waals surface area contributed by atoms with E-state index in [0.29, 0.717) is 49.0 Å². The number of halogens is 2. The fraction of sp³-hybridized carbons (Fsp3) is 0.367. The summed E-state index contributed by atoms with van der Waals surface area (Å²) in [4.78, 5) is 20.4. The van der Waals surface area contributed by atoms with Crippen LogP contribution in [0.2, 0.25) is 0 Å². The molecular weight excluding hydrogens is 514 g/mol. The Kier molecular flexibility index (Phi) is 8.68. The van der Waals surface area contributed by atoms with Gasteiger partial charge in [-0.1, -0.05) is 56.3 Å². The molecule has 0 aliphatic carbocycles. The van der Waals surface area contributed by atoms with Crippen molar-refractivity contribution in [1.29, 1.82) is 0 Å². The molecule has 0 spiro atoms. The number of hydrogen-bond acceptors (Lipinski definition) is 5. The van der Waals surface area contributed by atoms with E-state index in [1.165, 1.54) is 0 Å². The lowest BCUT2D eigenvalue weighted by Crippen LogP contribution is -2.45. The number of nitrogens with two attached hydrogens (primary N) is 1. The van der Waals surface area contributed by atoms with Gasteiger partial charge in [0.2, 0.25) is 0 Å². The lowest BCUT2D eigenvalue weighted by molar-refractivity contribution is 0.116. The van der Waals surface area contributed by atoms with Gasteiger partial charge < -0.3 is 25.0 Å². The number of aryl methyl sites for hydroxylation is 2. The summed E-state index contributed by atoms with van der Waals surface area (Å²) in [5.74, 6) is -0.112. The van der Waals surface area contributed by atoms with Gasteiger partial charge in [0.15, 0.2) is 5.76 Å². The third-order valence-electron chi connectivity index (χ3n) is 6.71. The van der Waals surface area contributed by atoms with Crippen molar-refractivity contribution in [1.82, 2.24) is 19.6 Å². The molecule has 0 aliphatic rings. The molecule has 4 aromatic rings. The Bertz CT molecular complexity index is 1440. The second-order valence-electron chi connectivity index (χ2n) is 11.0. The van der Waals surface area contributed by atoms with Crippen molar-refractivity contribution < 1.29 is 18.1 Å². The normalized spacial score (nSPS) is 12.4. The molecule has 1 atom stereocenters. The first kappa shape index (κ1) is 28.9. The van der Waals surface area contributed by atoms with Crippen molar-refractivity contribution in [3.05, 3.63) is 89.2 Å². The first-order valence-electron chi connectivity index (χ1n) is 13.3. The maximum absolute atomic E-state index is 14.9. The molecule has 4 rings (SSSR count). The van der Waals surface area contributed by atoms with Crippen LogP contribution in [0.1, 0.15) is 56.1 Å². The van der Waals surface area contributed by atoms with Crippen LogP contribution in [-0.2, 0) is 6.54 Å². The van der Waals surface area contributed by atoms with E-state index in [-0.39, 0.29) is 17.3 Å². The number of rotatable bonds is 9. The summed E-state index contributed by atoms with van der Waals surface area (Å²) in [6.45, 7) is 10.7. The molecule has 0 saturated heterocycles. The Morgan fingerprint density at radius 3 is 2.50 bits per heavy atom. The molecule has 2 aromatic heterocycles. The van der Waals surface area contributed by atoms with Gasteiger partial charge in [0.25, 0.3) is 0 Å². The summed E-state index contributed by atoms with van der Waals surface area (Å²) in [6, 6.07) is 12.1. The minimum absolute atomic E-state index is 0.0504. The van der Waals surface area contributed by atoms with Gasteiger partial charge in [-0.05, 0) is 56.0 Å². The summed E-state index contributed by atoms with van der Waals surface area (Å²) in [7, 11) is 0. The summed E-state index contributed by atoms with van der Waals surface area (Å²) >= 11 is 0. The van der Waals surface area contributed by atoms with Gasteiger partial charge in [0, 0.05) is 24.8 Å². The van der Waals surface area contributed by atoms with Crippen LogP contribution < -0.4 is 11.1 Å². The van der Waals surface area contributed by atoms with E-state index in [0.717, 1.165) is 23.8 Å². The van der Waals surface area contributed by atoms with Crippen LogP contribution in [0.25, 0.3) is 11.3 Å². The number of nitrogens with one attached hydrogen (secondary N) is 1. The second kappa shape index (κ2) is 12.0. The summed E-state index contributed by atoms with van der Waals surface area (Å²) < 4.78 is 36.2. The standard InChI is InChI=1S/C30H36F2N6O2/c1-19-26(20(2)40-36-19)35-29(39)38(15-9-14-33)27(30(3,4)5)28-34-25(23-16-22(31)12-13-24(23)32)18-37(28)17-21-10-7-6-8-11-21/h6-8,10-13,16,18,27H,9,14-15,17,33H2,1-5H3,(H,35,39). The number of aromatic nitrogens is 3. The average Bonchev–Trinajstić information content (AvgIpc) is 3.45. The Hall–Kier alpha value is -4.05. The SMILES string of the molecule is Cc1noc(C)c1NC(=O)N(CCCN)C(c1nc(-c2cc(F)ccc2F)cn1Cc1ccccc1)C(C)(C)C. The van der Waals surface area contributed by atoms with Gasteiger partial charge in [-0.3, -0.25) is 0 Å². The first-order valence-corrected chi connectivity index (χ1v) is 13.3. The van der Waals surface area contributed by atoms with Crippen molar-refractivity contribution in [2.24, 2.45) is 11.1 Å². The number of imidazole rings is 1. The van der Waals surface area contributed by atoms with Crippen molar-refractivity contribution in [2.75, 3.05) is 18.4 Å². The van der Waals surface area contributed by atoms with E-state index in [4.69, 9.17) is 15.2 Å². The van der Waals surface area contributed by atoms with Crippen LogP contribution in [0, 0.1) is 30.9 Å². The molecule has 0 aliphatic heterocycles. The number of anilines is 1. The van der Waals surface area contributed by atoms with Crippen LogP contribution in [0.4, 0.5) is 19.3 Å². The van der Waals surface area contributed by atoms with Crippen molar-refractivity contribution >= 4 is 11.7 Å². The summed E-state index contributed by atoms with van der Waals surface area (Å²) in [5.41, 5.74) is 7.75. The second-order valence-corrected chi connectivity index (χ2v) is 11.0. The minimum Gasteiger partial charge on any atom is -0.359 e. The number of carbonyl (C=O) groups excluding carboxylic acids is 1. The van der Waals surface area contributed by atoms with E-state index >= 15 is 0 Å². The highest BCUT2D eigenvalue weighted by Gasteiger charge is 2.39. The molecule has 0 saturated carbocycles. The monoisotopic (exact) mass is 550 g/mol. The molecule has 3 N–H and O–H groups in total. The van der Waals surface area contributed by atoms with Gasteiger partial charge in [-0.25, -0.2) is 18.6 Å². The van der Waals surface area contributed by atoms with Crippen LogP contribution in [0.3, 0.4) is 0 Å². The third kappa shape index (κ3) is 6.39. The van der Waals surface area contributed by atoms with Gasteiger partial charge in [0.1, 0.15) is 28.8 Å². The van der Waals surface area contributed by atoms with Crippen LogP contribution in [-0.4, -0.2) is 38.7 Å². The van der Waals surface area contributed by atoms with Gasteiger partial charge in [0.05, 0.1) is 11.7 Å². The zero-order valence-corrected chi connectivity index (χ0v) is 23.5. The summed E-state index contributed by atoms with van der Waals surface area (Å²) in [6.07, 6.45) is 2.26. The van der Waals surface area contributed by atoms with Crippen LogP contribution in [0.5, 0.6) is 0 Å². The van der Waals surface area contributed by atoms with E-state index in [1.807, 2.05) is 55.7 Å². The maximum Gasteiger partial charge on any atom is 0.322 e. The number of carbonyl (C=O) groups is 1. The van der Waals surface area contributed by atoms with Crippen LogP contribution >= 0.6 is 0 Å². The Morgan fingerprint density at radius 2 is 1.88 bits per heavy atom. The zero-order chi connectivity index (χ0) is 29.0. The molecule has 2 aromatic carbocycles. The van der Waals surface area contributed by atoms with Crippen molar-refractivity contribution in [2.45, 2.75) is 53.6 Å². The minimum atomic E-state index is -0.583. The van der Waals surface area contributed by atoms with E-state index in [1.54, 1.807) is 24.9 Å². The molecule has 1 unspecified atom stereocenters. The zero-order valence-electron chi connectivity index (χ0n) is 23.5. The number of nitrogens with zero attached hydrogens (tertiary/aromatic N) is 4. The fourth-order valence-electron chi connectivity index (χ4n) is 4.82. The smallest absolute Gasteiger partial charge is 0.322 e. The summed E-state index contributed by atoms with van der Waals surface area (Å²) in [5, 5.41) is 6.90. The maximum atomic E-state index is 14.9. The van der Waals surface area contributed by atoms with Gasteiger partial charge >= 0.3 is 6.03 Å². The quantitative estimate of drug-likeness (QED) is 0.249. The molecular formula is C30H36F2N6O2. The number of benzene rings is 2. The number of hydrogen-bond donors (Lipinski definition) is 2. The lowest BCUT2D eigenvalue weighted by atomic mass is 9.84. The Balaban J connectivity index is 1.86. The topological polar surface area (TPSA) is 102 Å². The van der Waals surface area contributed by atoms with E-state index in [9.17, 15) is 13.6 Å². The number of urea groups is 1. The largest absolute Gasteiger partial charge is 0.359 e. The Labute approximate surface area is 233 Å². The van der Waals surface area contributed by atoms with E-state index in [2.05, 4.69) is 10.5 Å². The third-order valence-corrected chi connectivity index (χ3v) is 6.71. The fourth-order valence-corrected chi connectivity index (χ4v) is 4.82. The molecule has 10 heteroatoms. The highest BCUT2D eigenvalue weighted by molar-refractivity contribution is 5.90. The van der Waals surface area contributed by atoms with Gasteiger partial charge in [-0.15, -0.1) is 0 Å². The molecule has 0 fully saturated rings. The predicted octanol–water partition coefficient (Wildman–Crippen LogP) is 6.45. The van der Waals surface area contributed by atoms with E-state index < -0.39 is 23.1 Å². The molecule has 8 nitrogen and oxygen atoms in total. The first-order chi connectivity index (χ1) is 19.0. The lowest BCUT2D eigenvalue weighted by Gasteiger charge is -2.40. The number of amides is 2. The molecule has 212 valence electrons. The highest BCUT2D eigenvalue weighted by atomic mass is 19.1. The molecule has 0 bridgehead atoms. The van der Waals surface area contributed by atoms with Crippen molar-refractivity contribution in [3.8, 4) is 11.3 Å². The molecule has 40 heavy (non-hydrogen) atoms.